The van der Waals surface area contributed by atoms with E-state index in [1.165, 1.54) is 231 Å². The second-order valence-corrected chi connectivity index (χ2v) is 32.6. The third-order valence-corrected chi connectivity index (χ3v) is 22.1. The Hall–Kier alpha value is -3.26. The second kappa shape index (κ2) is 81.7. The molecule has 7 N–H and O–H groups in total. The molecule has 0 rings (SSSR count). The van der Waals surface area contributed by atoms with Crippen LogP contribution in [-0.2, 0) is 28.8 Å². The predicted molar refractivity (Wildman–Crippen MR) is 452 cm³/mol. The number of unbranched alkanes of at least 4 members (excludes halogenated alkanes) is 46. The maximum atomic E-state index is 13.3. The molecule has 0 radical (unpaired) electrons. The maximum Gasteiger partial charge on any atom is 0.220 e. The molecule has 105 heavy (non-hydrogen) atoms. The first-order chi connectivity index (χ1) is 51.4. The van der Waals surface area contributed by atoms with E-state index in [4.69, 9.17) is 5.73 Å². The van der Waals surface area contributed by atoms with Crippen molar-refractivity contribution in [3.8, 4) is 0 Å². The summed E-state index contributed by atoms with van der Waals surface area (Å²) in [5.74, 6) is 0.302. The Morgan fingerprint density at radius 2 is 0.410 bits per heavy atom. The number of hydrogen-bond acceptors (Lipinski definition) is 8. The standard InChI is InChI=1S/C91H180N8O6/c1-7-13-19-25-35-49-63-83(64-50-36-26-20-14-8-2)95-89(103)70-56-42-32-46-60-78-98(77-59-45-31-41-55-69-86(92)100)81-75-93-87(101)73-74-88(102)94-76-82-99(79-61-47-33-43-57-71-90(104)96-84(65-51-37-27-21-15-9-3)66-52-38-28-22-16-10-4)80-62-48-34-44-58-72-91(105)97-85(67-53-39-29-23-17-11-5)68-54-40-30-24-18-12-6/h83-85H,7-82H2,1-6H3,(H2,92,100)(H,93,101)(H,94,102)(H,95,103)(H,96,104)(H,97,105). The van der Waals surface area contributed by atoms with Gasteiger partial charge in [-0.2, -0.15) is 0 Å². The number of rotatable bonds is 86. The molecule has 0 aromatic rings. The molecule has 0 aromatic carbocycles. The van der Waals surface area contributed by atoms with E-state index in [-0.39, 0.29) is 48.3 Å². The summed E-state index contributed by atoms with van der Waals surface area (Å²) in [7, 11) is 0. The molecular formula is C91H180N8O6. The van der Waals surface area contributed by atoms with Gasteiger partial charge in [0.2, 0.25) is 35.4 Å². The SMILES string of the molecule is CCCCCCCCC(CCCCCCCC)NC(=O)CCCCCCCN(CCCCCCCC(N)=O)CCNC(=O)CCC(=O)NCCN(CCCCCCCC(=O)NC(CCCCCCCC)CCCCCCCC)CCCCCCCC(=O)NC(CCCCCCCC)CCCCCCCC. The summed E-state index contributed by atoms with van der Waals surface area (Å²) in [5, 5.41) is 16.7. The molecule has 0 aliphatic heterocycles. The van der Waals surface area contributed by atoms with E-state index < -0.39 is 0 Å². The quantitative estimate of drug-likeness (QED) is 0.0324. The van der Waals surface area contributed by atoms with Crippen LogP contribution in [0.4, 0.5) is 0 Å². The molecule has 0 heterocycles. The Balaban J connectivity index is 5.41. The van der Waals surface area contributed by atoms with Crippen LogP contribution < -0.4 is 32.3 Å². The highest BCUT2D eigenvalue weighted by molar-refractivity contribution is 5.83. The van der Waals surface area contributed by atoms with Crippen molar-refractivity contribution in [2.24, 2.45) is 5.73 Å². The first-order valence-electron chi connectivity index (χ1n) is 46.5. The largest absolute Gasteiger partial charge is 0.370 e. The number of hydrogen-bond donors (Lipinski definition) is 6. The Kier molecular flexibility index (Phi) is 79.2. The molecule has 0 saturated heterocycles. The van der Waals surface area contributed by atoms with Gasteiger partial charge in [0.1, 0.15) is 0 Å². The lowest BCUT2D eigenvalue weighted by atomic mass is 9.99. The molecule has 0 aliphatic rings. The van der Waals surface area contributed by atoms with Gasteiger partial charge in [-0.15, -0.1) is 0 Å². The van der Waals surface area contributed by atoms with E-state index in [1.807, 2.05) is 0 Å². The fourth-order valence-corrected chi connectivity index (χ4v) is 15.2. The minimum Gasteiger partial charge on any atom is -0.370 e. The second-order valence-electron chi connectivity index (χ2n) is 32.6. The summed E-state index contributed by atoms with van der Waals surface area (Å²) in [6, 6.07) is 0.944. The van der Waals surface area contributed by atoms with Crippen LogP contribution in [-0.4, -0.2) is 116 Å². The number of nitrogens with two attached hydrogens (primary N) is 1. The van der Waals surface area contributed by atoms with Crippen LogP contribution in [0.5, 0.6) is 0 Å². The summed E-state index contributed by atoms with van der Waals surface area (Å²) >= 11 is 0. The van der Waals surface area contributed by atoms with Gasteiger partial charge in [-0.05, 0) is 116 Å². The molecule has 0 aliphatic carbocycles. The number of carbonyl (C=O) groups excluding carboxylic acids is 6. The normalized spacial score (nSPS) is 11.7. The van der Waals surface area contributed by atoms with Gasteiger partial charge >= 0.3 is 0 Å². The van der Waals surface area contributed by atoms with Crippen molar-refractivity contribution in [1.82, 2.24) is 36.4 Å². The lowest BCUT2D eigenvalue weighted by Gasteiger charge is -2.23. The Labute approximate surface area is 651 Å². The van der Waals surface area contributed by atoms with Crippen LogP contribution >= 0.6 is 0 Å². The van der Waals surface area contributed by atoms with Gasteiger partial charge in [0.25, 0.3) is 0 Å². The van der Waals surface area contributed by atoms with Crippen LogP contribution in [0.3, 0.4) is 0 Å². The van der Waals surface area contributed by atoms with E-state index >= 15 is 0 Å². The fourth-order valence-electron chi connectivity index (χ4n) is 15.2. The molecule has 620 valence electrons. The van der Waals surface area contributed by atoms with Crippen molar-refractivity contribution in [1.29, 1.82) is 0 Å². The highest BCUT2D eigenvalue weighted by Crippen LogP contribution is 2.21. The Morgan fingerprint density at radius 3 is 0.629 bits per heavy atom. The van der Waals surface area contributed by atoms with Crippen molar-refractivity contribution in [3.63, 3.8) is 0 Å². The Bertz CT molecular complexity index is 1800. The number of nitrogens with zero attached hydrogens (tertiary/aromatic N) is 2. The van der Waals surface area contributed by atoms with Crippen LogP contribution in [0, 0.1) is 0 Å². The molecule has 0 atom stereocenters. The monoisotopic (exact) mass is 1480 g/mol. The summed E-state index contributed by atoms with van der Waals surface area (Å²) in [6.07, 6.45) is 76.6. The lowest BCUT2D eigenvalue weighted by Crippen LogP contribution is -2.37. The van der Waals surface area contributed by atoms with Crippen molar-refractivity contribution in [3.05, 3.63) is 0 Å². The van der Waals surface area contributed by atoms with Crippen LogP contribution in [0.2, 0.25) is 0 Å². The molecule has 14 nitrogen and oxygen atoms in total. The summed E-state index contributed by atoms with van der Waals surface area (Å²) < 4.78 is 0. The van der Waals surface area contributed by atoms with Crippen LogP contribution in [0.25, 0.3) is 0 Å². The van der Waals surface area contributed by atoms with Crippen LogP contribution in [0.15, 0.2) is 0 Å². The van der Waals surface area contributed by atoms with E-state index in [0.717, 1.165) is 206 Å². The van der Waals surface area contributed by atoms with Gasteiger partial charge in [0, 0.05) is 82.8 Å². The highest BCUT2D eigenvalue weighted by atomic mass is 16.2. The zero-order valence-corrected chi connectivity index (χ0v) is 70.9. The van der Waals surface area contributed by atoms with Gasteiger partial charge in [-0.25, -0.2) is 0 Å². The molecule has 14 heteroatoms. The molecular weight excluding hydrogens is 1300 g/mol. The summed E-state index contributed by atoms with van der Waals surface area (Å²) in [5.41, 5.74) is 5.38. The van der Waals surface area contributed by atoms with E-state index in [9.17, 15) is 28.8 Å². The minimum atomic E-state index is -0.229. The van der Waals surface area contributed by atoms with Crippen molar-refractivity contribution in [2.45, 2.75) is 496 Å². The van der Waals surface area contributed by atoms with E-state index in [0.29, 0.717) is 56.9 Å². The topological polar surface area (TPSA) is 195 Å². The lowest BCUT2D eigenvalue weighted by molar-refractivity contribution is -0.126. The first kappa shape index (κ1) is 102. The molecule has 0 aromatic heterocycles. The van der Waals surface area contributed by atoms with Gasteiger partial charge in [-0.3, -0.25) is 28.8 Å². The number of nitrogens with one attached hydrogen (secondary N) is 5. The number of primary amides is 1. The molecule has 0 bridgehead atoms. The van der Waals surface area contributed by atoms with E-state index in [1.54, 1.807) is 0 Å². The van der Waals surface area contributed by atoms with Gasteiger partial charge < -0.3 is 42.1 Å². The Morgan fingerprint density at radius 1 is 0.219 bits per heavy atom. The summed E-state index contributed by atoms with van der Waals surface area (Å²) in [4.78, 5) is 82.4. The third-order valence-electron chi connectivity index (χ3n) is 22.1. The fraction of sp³-hybridized carbons (Fsp3) is 0.934. The smallest absolute Gasteiger partial charge is 0.220 e. The van der Waals surface area contributed by atoms with Crippen molar-refractivity contribution >= 4 is 35.4 Å². The minimum absolute atomic E-state index is 0.0836. The summed E-state index contributed by atoms with van der Waals surface area (Å²) in [6.45, 7) is 20.1. The molecule has 0 spiro atoms. The van der Waals surface area contributed by atoms with E-state index in [2.05, 4.69) is 77.9 Å². The average molecular weight is 1480 g/mol. The highest BCUT2D eigenvalue weighted by Gasteiger charge is 2.17. The molecule has 6 amide bonds. The molecule has 0 fully saturated rings. The third kappa shape index (κ3) is 75.9. The molecule has 0 saturated carbocycles. The zero-order chi connectivity index (χ0) is 76.6. The maximum absolute atomic E-state index is 13.3. The predicted octanol–water partition coefficient (Wildman–Crippen LogP) is 23.4. The van der Waals surface area contributed by atoms with Gasteiger partial charge in [0.05, 0.1) is 0 Å². The molecule has 0 unspecified atom stereocenters. The average Bonchev–Trinajstić information content (AvgIpc) is 1.22. The van der Waals surface area contributed by atoms with Crippen LogP contribution in [0.1, 0.15) is 478 Å². The zero-order valence-electron chi connectivity index (χ0n) is 70.9. The number of amides is 6. The number of carbonyl (C=O) groups is 6. The first-order valence-corrected chi connectivity index (χ1v) is 46.5. The van der Waals surface area contributed by atoms with Crippen molar-refractivity contribution < 1.29 is 28.8 Å². The van der Waals surface area contributed by atoms with Gasteiger partial charge in [-0.1, -0.05) is 350 Å². The van der Waals surface area contributed by atoms with Crippen molar-refractivity contribution in [2.75, 3.05) is 52.4 Å². The van der Waals surface area contributed by atoms with Gasteiger partial charge in [0.15, 0.2) is 0 Å².